The summed E-state index contributed by atoms with van der Waals surface area (Å²) in [6.45, 7) is 5.00. The van der Waals surface area contributed by atoms with Gasteiger partial charge in [-0.3, -0.25) is 0 Å². The Morgan fingerprint density at radius 1 is 1.22 bits per heavy atom. The molecule has 2 rings (SSSR count). The molecule has 5 heteroatoms. The first-order valence-corrected chi connectivity index (χ1v) is 5.94. The lowest BCUT2D eigenvalue weighted by atomic mass is 10.2. The predicted octanol–water partition coefficient (Wildman–Crippen LogP) is 2.43. The van der Waals surface area contributed by atoms with E-state index in [9.17, 15) is 0 Å². The number of imidazole rings is 1. The first-order valence-electron chi connectivity index (χ1n) is 5.94. The molecule has 0 radical (unpaired) electrons. The lowest BCUT2D eigenvalue weighted by molar-refractivity contribution is 0.336. The van der Waals surface area contributed by atoms with Gasteiger partial charge in [0.05, 0.1) is 25.7 Å². The zero-order chi connectivity index (χ0) is 13.0. The maximum atomic E-state index is 8.72. The first-order chi connectivity index (χ1) is 8.80. The van der Waals surface area contributed by atoms with Crippen LogP contribution in [-0.4, -0.2) is 23.2 Å². The fraction of sp³-hybridized carbons (Fsp3) is 0.385. The molecule has 1 N–H and O–H groups in total. The van der Waals surface area contributed by atoms with Crippen LogP contribution in [0.5, 0.6) is 11.5 Å². The molecule has 1 aromatic heterocycles. The molecule has 18 heavy (non-hydrogen) atoms. The Bertz CT molecular complexity index is 541. The molecule has 2 aromatic rings. The van der Waals surface area contributed by atoms with Gasteiger partial charge >= 0.3 is 0 Å². The number of aromatic amines is 1. The fourth-order valence-corrected chi connectivity index (χ4v) is 1.80. The van der Waals surface area contributed by atoms with E-state index in [1.54, 1.807) is 0 Å². The summed E-state index contributed by atoms with van der Waals surface area (Å²) >= 11 is 0. The number of benzene rings is 1. The van der Waals surface area contributed by atoms with Gasteiger partial charge in [0.1, 0.15) is 28.4 Å². The Morgan fingerprint density at radius 3 is 2.56 bits per heavy atom. The van der Waals surface area contributed by atoms with Crippen molar-refractivity contribution < 1.29 is 9.47 Å². The first kappa shape index (κ1) is 12.2. The molecule has 0 spiro atoms. The molecule has 0 aliphatic carbocycles. The van der Waals surface area contributed by atoms with E-state index in [0.29, 0.717) is 30.3 Å². The summed E-state index contributed by atoms with van der Waals surface area (Å²) < 4.78 is 11.1. The summed E-state index contributed by atoms with van der Waals surface area (Å²) in [5.41, 5.74) is 1.50. The van der Waals surface area contributed by atoms with Gasteiger partial charge in [0.25, 0.3) is 0 Å². The third kappa shape index (κ3) is 2.23. The minimum absolute atomic E-state index is 0.242. The third-order valence-corrected chi connectivity index (χ3v) is 2.46. The highest BCUT2D eigenvalue weighted by Crippen LogP contribution is 2.31. The zero-order valence-corrected chi connectivity index (χ0v) is 10.5. The molecule has 1 aromatic carbocycles. The summed E-state index contributed by atoms with van der Waals surface area (Å²) in [6.07, 6.45) is 0.242. The van der Waals surface area contributed by atoms with Crippen LogP contribution in [0.3, 0.4) is 0 Å². The van der Waals surface area contributed by atoms with Crippen LogP contribution in [0.4, 0.5) is 0 Å². The largest absolute Gasteiger partial charge is 0.492 e. The predicted molar refractivity (Wildman–Crippen MR) is 67.7 cm³/mol. The number of ether oxygens (including phenoxy) is 2. The van der Waals surface area contributed by atoms with Crippen molar-refractivity contribution >= 4 is 11.0 Å². The second-order valence-electron chi connectivity index (χ2n) is 3.67. The number of fused-ring (bicyclic) bond motifs is 1. The standard InChI is InChI=1S/C13H15N3O2/c1-3-17-9-5-6-10(18-4-2)13-12(9)15-11(16-13)7-8-14/h5-6H,3-4,7H2,1-2H3,(H,15,16). The number of rotatable bonds is 5. The van der Waals surface area contributed by atoms with Gasteiger partial charge in [-0.05, 0) is 26.0 Å². The molecule has 0 saturated heterocycles. The summed E-state index contributed by atoms with van der Waals surface area (Å²) in [5, 5.41) is 8.72. The van der Waals surface area contributed by atoms with E-state index >= 15 is 0 Å². The summed E-state index contributed by atoms with van der Waals surface area (Å²) in [7, 11) is 0. The SMILES string of the molecule is CCOc1ccc(OCC)c2[nH]c(CC#N)nc12. The maximum Gasteiger partial charge on any atom is 0.147 e. The summed E-state index contributed by atoms with van der Waals surface area (Å²) in [6, 6.07) is 5.77. The Morgan fingerprint density at radius 2 is 1.89 bits per heavy atom. The monoisotopic (exact) mass is 245 g/mol. The number of H-pyrrole nitrogens is 1. The van der Waals surface area contributed by atoms with Crippen LogP contribution >= 0.6 is 0 Å². The fourth-order valence-electron chi connectivity index (χ4n) is 1.80. The van der Waals surface area contributed by atoms with Crippen molar-refractivity contribution in [2.45, 2.75) is 20.3 Å². The molecule has 0 saturated carbocycles. The molecule has 94 valence electrons. The van der Waals surface area contributed by atoms with Crippen molar-refractivity contribution in [2.75, 3.05) is 13.2 Å². The van der Waals surface area contributed by atoms with Gasteiger partial charge < -0.3 is 14.5 Å². The van der Waals surface area contributed by atoms with Gasteiger partial charge in [0.2, 0.25) is 0 Å². The number of nitrogens with zero attached hydrogens (tertiary/aromatic N) is 2. The summed E-state index contributed by atoms with van der Waals surface area (Å²) in [4.78, 5) is 7.49. The van der Waals surface area contributed by atoms with E-state index in [1.807, 2.05) is 26.0 Å². The Hall–Kier alpha value is -2.22. The van der Waals surface area contributed by atoms with Gasteiger partial charge in [-0.15, -0.1) is 0 Å². The number of hydrogen-bond donors (Lipinski definition) is 1. The van der Waals surface area contributed by atoms with Crippen molar-refractivity contribution in [3.8, 4) is 17.6 Å². The highest BCUT2D eigenvalue weighted by Gasteiger charge is 2.13. The lowest BCUT2D eigenvalue weighted by Gasteiger charge is -2.07. The molecule has 0 bridgehead atoms. The maximum absolute atomic E-state index is 8.72. The minimum Gasteiger partial charge on any atom is -0.492 e. The second-order valence-corrected chi connectivity index (χ2v) is 3.67. The number of aromatic nitrogens is 2. The van der Waals surface area contributed by atoms with Crippen LogP contribution < -0.4 is 9.47 Å². The van der Waals surface area contributed by atoms with E-state index < -0.39 is 0 Å². The Kier molecular flexibility index (Phi) is 3.68. The van der Waals surface area contributed by atoms with Crippen LogP contribution in [0.25, 0.3) is 11.0 Å². The van der Waals surface area contributed by atoms with Crippen LogP contribution in [0, 0.1) is 11.3 Å². The molecule has 0 unspecified atom stereocenters. The van der Waals surface area contributed by atoms with E-state index in [1.165, 1.54) is 0 Å². The van der Waals surface area contributed by atoms with Crippen molar-refractivity contribution in [1.29, 1.82) is 5.26 Å². The molecule has 0 amide bonds. The molecule has 0 aliphatic heterocycles. The Balaban J connectivity index is 2.55. The normalized spacial score (nSPS) is 10.3. The van der Waals surface area contributed by atoms with E-state index in [2.05, 4.69) is 16.0 Å². The average Bonchev–Trinajstić information content (AvgIpc) is 2.77. The number of nitriles is 1. The minimum atomic E-state index is 0.242. The molecular weight excluding hydrogens is 230 g/mol. The van der Waals surface area contributed by atoms with Crippen LogP contribution in [-0.2, 0) is 6.42 Å². The van der Waals surface area contributed by atoms with E-state index in [-0.39, 0.29) is 6.42 Å². The highest BCUT2D eigenvalue weighted by molar-refractivity contribution is 5.87. The van der Waals surface area contributed by atoms with E-state index in [0.717, 1.165) is 11.3 Å². The van der Waals surface area contributed by atoms with Gasteiger partial charge in [-0.25, -0.2) is 4.98 Å². The molecule has 0 atom stereocenters. The van der Waals surface area contributed by atoms with Gasteiger partial charge in [0, 0.05) is 0 Å². The van der Waals surface area contributed by atoms with Crippen molar-refractivity contribution in [2.24, 2.45) is 0 Å². The van der Waals surface area contributed by atoms with Gasteiger partial charge in [-0.2, -0.15) is 5.26 Å². The highest BCUT2D eigenvalue weighted by atomic mass is 16.5. The average molecular weight is 245 g/mol. The number of hydrogen-bond acceptors (Lipinski definition) is 4. The third-order valence-electron chi connectivity index (χ3n) is 2.46. The molecular formula is C13H15N3O2. The van der Waals surface area contributed by atoms with Crippen LogP contribution in [0.15, 0.2) is 12.1 Å². The van der Waals surface area contributed by atoms with Crippen LogP contribution in [0.1, 0.15) is 19.7 Å². The van der Waals surface area contributed by atoms with Crippen molar-refractivity contribution in [3.63, 3.8) is 0 Å². The molecule has 0 fully saturated rings. The van der Waals surface area contributed by atoms with Gasteiger partial charge in [-0.1, -0.05) is 0 Å². The summed E-state index contributed by atoms with van der Waals surface area (Å²) in [5.74, 6) is 2.06. The smallest absolute Gasteiger partial charge is 0.147 e. The molecule has 0 aliphatic rings. The van der Waals surface area contributed by atoms with Crippen molar-refractivity contribution in [1.82, 2.24) is 9.97 Å². The van der Waals surface area contributed by atoms with Crippen LogP contribution in [0.2, 0.25) is 0 Å². The lowest BCUT2D eigenvalue weighted by Crippen LogP contribution is -1.95. The Labute approximate surface area is 105 Å². The second kappa shape index (κ2) is 5.41. The number of nitrogens with one attached hydrogen (secondary N) is 1. The van der Waals surface area contributed by atoms with Crippen molar-refractivity contribution in [3.05, 3.63) is 18.0 Å². The topological polar surface area (TPSA) is 70.9 Å². The van der Waals surface area contributed by atoms with E-state index in [4.69, 9.17) is 14.7 Å². The van der Waals surface area contributed by atoms with Gasteiger partial charge in [0.15, 0.2) is 0 Å². The molecule has 1 heterocycles. The molecule has 5 nitrogen and oxygen atoms in total. The zero-order valence-electron chi connectivity index (χ0n) is 10.5. The quantitative estimate of drug-likeness (QED) is 0.878.